The molecular formula is C12H13Br2N3. The molecule has 5 heteroatoms. The fraction of sp³-hybridized carbons (Fsp3) is 0.250. The number of hydrogen-bond acceptors (Lipinski definition) is 2. The summed E-state index contributed by atoms with van der Waals surface area (Å²) in [6, 6.07) is 8.34. The zero-order valence-corrected chi connectivity index (χ0v) is 12.8. The van der Waals surface area contributed by atoms with Crippen LogP contribution in [0.4, 0.5) is 0 Å². The first kappa shape index (κ1) is 12.8. The van der Waals surface area contributed by atoms with Crippen LogP contribution in [0.5, 0.6) is 0 Å². The largest absolute Gasteiger partial charge is 0.308 e. The van der Waals surface area contributed by atoms with Crippen molar-refractivity contribution in [1.82, 2.24) is 15.1 Å². The summed E-state index contributed by atoms with van der Waals surface area (Å²) in [5.41, 5.74) is 2.19. The van der Waals surface area contributed by atoms with E-state index in [1.54, 1.807) is 0 Å². The molecule has 0 fully saturated rings. The van der Waals surface area contributed by atoms with Gasteiger partial charge in [0.15, 0.2) is 0 Å². The number of halogens is 2. The summed E-state index contributed by atoms with van der Waals surface area (Å²) in [4.78, 5) is 0. The van der Waals surface area contributed by atoms with Crippen LogP contribution < -0.4 is 5.32 Å². The van der Waals surface area contributed by atoms with E-state index in [2.05, 4.69) is 54.4 Å². The summed E-state index contributed by atoms with van der Waals surface area (Å²) in [5.74, 6) is 0. The lowest BCUT2D eigenvalue weighted by Crippen LogP contribution is -2.18. The highest BCUT2D eigenvalue weighted by atomic mass is 79.9. The molecular weight excluding hydrogens is 346 g/mol. The first-order valence-electron chi connectivity index (χ1n) is 5.23. The summed E-state index contributed by atoms with van der Waals surface area (Å²) < 4.78 is 3.92. The predicted molar refractivity (Wildman–Crippen MR) is 76.0 cm³/mol. The van der Waals surface area contributed by atoms with Gasteiger partial charge >= 0.3 is 0 Å². The standard InChI is InChI=1S/C12H13Br2N3/c1-15-12(11-3-4-17(2)16-11)8-5-9(13)7-10(14)6-8/h3-7,12,15H,1-2H3. The summed E-state index contributed by atoms with van der Waals surface area (Å²) in [5, 5.41) is 7.73. The fourth-order valence-corrected chi connectivity index (χ4v) is 3.14. The normalized spacial score (nSPS) is 12.7. The van der Waals surface area contributed by atoms with E-state index >= 15 is 0 Å². The lowest BCUT2D eigenvalue weighted by Gasteiger charge is -2.15. The Labute approximate surface area is 117 Å². The van der Waals surface area contributed by atoms with Crippen molar-refractivity contribution < 1.29 is 0 Å². The molecule has 17 heavy (non-hydrogen) atoms. The number of aromatic nitrogens is 2. The van der Waals surface area contributed by atoms with Crippen LogP contribution in [-0.2, 0) is 7.05 Å². The third-order valence-corrected chi connectivity index (χ3v) is 3.45. The van der Waals surface area contributed by atoms with Gasteiger partial charge in [0.2, 0.25) is 0 Å². The molecule has 1 unspecified atom stereocenters. The molecule has 90 valence electrons. The molecule has 0 aliphatic heterocycles. The topological polar surface area (TPSA) is 29.9 Å². The number of nitrogens with zero attached hydrogens (tertiary/aromatic N) is 2. The van der Waals surface area contributed by atoms with Crippen LogP contribution in [0.2, 0.25) is 0 Å². The Balaban J connectivity index is 2.41. The van der Waals surface area contributed by atoms with E-state index < -0.39 is 0 Å². The summed E-state index contributed by atoms with van der Waals surface area (Å²) >= 11 is 7.01. The van der Waals surface area contributed by atoms with E-state index in [0.29, 0.717) is 0 Å². The Bertz CT molecular complexity index is 502. The minimum Gasteiger partial charge on any atom is -0.308 e. The molecule has 1 N–H and O–H groups in total. The van der Waals surface area contributed by atoms with Gasteiger partial charge in [-0.25, -0.2) is 0 Å². The second-order valence-electron chi connectivity index (χ2n) is 3.84. The maximum atomic E-state index is 4.44. The first-order valence-corrected chi connectivity index (χ1v) is 6.81. The summed E-state index contributed by atoms with van der Waals surface area (Å²) in [7, 11) is 3.86. The molecule has 0 aliphatic carbocycles. The number of rotatable bonds is 3. The van der Waals surface area contributed by atoms with Crippen molar-refractivity contribution in [2.75, 3.05) is 7.05 Å². The van der Waals surface area contributed by atoms with Crippen LogP contribution in [-0.4, -0.2) is 16.8 Å². The molecule has 0 saturated heterocycles. The number of aryl methyl sites for hydroxylation is 1. The number of benzene rings is 1. The third-order valence-electron chi connectivity index (χ3n) is 2.54. The highest BCUT2D eigenvalue weighted by molar-refractivity contribution is 9.11. The van der Waals surface area contributed by atoms with Gasteiger partial charge in [-0.2, -0.15) is 5.10 Å². The van der Waals surface area contributed by atoms with Gasteiger partial charge < -0.3 is 5.32 Å². The average molecular weight is 359 g/mol. The van der Waals surface area contributed by atoms with Gasteiger partial charge in [-0.3, -0.25) is 4.68 Å². The molecule has 3 nitrogen and oxygen atoms in total. The van der Waals surface area contributed by atoms with Gasteiger partial charge in [0.1, 0.15) is 0 Å². The van der Waals surface area contributed by atoms with E-state index in [-0.39, 0.29) is 6.04 Å². The lowest BCUT2D eigenvalue weighted by atomic mass is 10.0. The molecule has 0 amide bonds. The minimum absolute atomic E-state index is 0.102. The Morgan fingerprint density at radius 3 is 2.35 bits per heavy atom. The molecule has 1 aromatic carbocycles. The van der Waals surface area contributed by atoms with E-state index in [0.717, 1.165) is 14.6 Å². The van der Waals surface area contributed by atoms with Crippen molar-refractivity contribution in [3.05, 3.63) is 50.7 Å². The molecule has 1 aromatic heterocycles. The molecule has 0 radical (unpaired) electrons. The van der Waals surface area contributed by atoms with Crippen molar-refractivity contribution in [1.29, 1.82) is 0 Å². The van der Waals surface area contributed by atoms with E-state index in [9.17, 15) is 0 Å². The summed E-state index contributed by atoms with van der Waals surface area (Å²) in [6.45, 7) is 0. The van der Waals surface area contributed by atoms with Gasteiger partial charge in [-0.15, -0.1) is 0 Å². The van der Waals surface area contributed by atoms with Crippen molar-refractivity contribution >= 4 is 31.9 Å². The maximum Gasteiger partial charge on any atom is 0.0839 e. The Kier molecular flexibility index (Phi) is 4.01. The molecule has 0 aliphatic rings. The van der Waals surface area contributed by atoms with Crippen LogP contribution in [0.3, 0.4) is 0 Å². The summed E-state index contributed by atoms with van der Waals surface area (Å²) in [6.07, 6.45) is 1.95. The molecule has 1 heterocycles. The number of nitrogens with one attached hydrogen (secondary N) is 1. The number of hydrogen-bond donors (Lipinski definition) is 1. The SMILES string of the molecule is CNC(c1cc(Br)cc(Br)c1)c1ccn(C)n1. The van der Waals surface area contributed by atoms with Crippen molar-refractivity contribution in [2.24, 2.45) is 7.05 Å². The third kappa shape index (κ3) is 2.97. The predicted octanol–water partition coefficient (Wildman–Crippen LogP) is 3.25. The van der Waals surface area contributed by atoms with Crippen LogP contribution in [0.25, 0.3) is 0 Å². The molecule has 2 rings (SSSR count). The fourth-order valence-electron chi connectivity index (χ4n) is 1.81. The van der Waals surface area contributed by atoms with E-state index in [1.807, 2.05) is 37.1 Å². The Hall–Kier alpha value is -0.650. The average Bonchev–Trinajstić information content (AvgIpc) is 2.64. The maximum absolute atomic E-state index is 4.44. The minimum atomic E-state index is 0.102. The Morgan fingerprint density at radius 2 is 1.88 bits per heavy atom. The smallest absolute Gasteiger partial charge is 0.0839 e. The Morgan fingerprint density at radius 1 is 1.24 bits per heavy atom. The van der Waals surface area contributed by atoms with Gasteiger partial charge in [0.05, 0.1) is 11.7 Å². The van der Waals surface area contributed by atoms with Crippen molar-refractivity contribution in [3.63, 3.8) is 0 Å². The monoisotopic (exact) mass is 357 g/mol. The van der Waals surface area contributed by atoms with Crippen LogP contribution in [0.1, 0.15) is 17.3 Å². The zero-order chi connectivity index (χ0) is 12.4. The van der Waals surface area contributed by atoms with Crippen LogP contribution in [0, 0.1) is 0 Å². The van der Waals surface area contributed by atoms with Crippen LogP contribution >= 0.6 is 31.9 Å². The van der Waals surface area contributed by atoms with Gasteiger partial charge in [-0.1, -0.05) is 31.9 Å². The quantitative estimate of drug-likeness (QED) is 0.912. The van der Waals surface area contributed by atoms with Crippen molar-refractivity contribution in [3.8, 4) is 0 Å². The van der Waals surface area contributed by atoms with E-state index in [1.165, 1.54) is 5.56 Å². The molecule has 1 atom stereocenters. The van der Waals surface area contributed by atoms with Gasteiger partial charge in [0.25, 0.3) is 0 Å². The van der Waals surface area contributed by atoms with Crippen LogP contribution in [0.15, 0.2) is 39.4 Å². The lowest BCUT2D eigenvalue weighted by molar-refractivity contribution is 0.641. The van der Waals surface area contributed by atoms with Gasteiger partial charge in [0, 0.05) is 22.2 Å². The molecule has 0 spiro atoms. The highest BCUT2D eigenvalue weighted by Gasteiger charge is 2.15. The second kappa shape index (κ2) is 5.33. The molecule has 2 aromatic rings. The zero-order valence-electron chi connectivity index (χ0n) is 9.61. The molecule has 0 saturated carbocycles. The highest BCUT2D eigenvalue weighted by Crippen LogP contribution is 2.27. The molecule has 0 bridgehead atoms. The van der Waals surface area contributed by atoms with Crippen molar-refractivity contribution in [2.45, 2.75) is 6.04 Å². The first-order chi connectivity index (χ1) is 8.10. The second-order valence-corrected chi connectivity index (χ2v) is 5.67. The van der Waals surface area contributed by atoms with Gasteiger partial charge in [-0.05, 0) is 36.9 Å². The van der Waals surface area contributed by atoms with E-state index in [4.69, 9.17) is 0 Å².